The molecule has 14 heteroatoms. The maximum atomic E-state index is 14.5. The molecule has 2 atom stereocenters. The second-order valence-electron chi connectivity index (χ2n) is 9.26. The van der Waals surface area contributed by atoms with Crippen molar-refractivity contribution in [1.82, 2.24) is 25.3 Å². The predicted molar refractivity (Wildman–Crippen MR) is 128 cm³/mol. The van der Waals surface area contributed by atoms with Crippen LogP contribution in [-0.2, 0) is 15.8 Å². The number of aromatic nitrogens is 4. The monoisotopic (exact) mass is 544 g/mol. The van der Waals surface area contributed by atoms with Crippen LogP contribution >= 0.6 is 0 Å². The maximum Gasteiger partial charge on any atom is 0.424 e. The van der Waals surface area contributed by atoms with E-state index in [4.69, 9.17) is 10.5 Å². The second-order valence-corrected chi connectivity index (χ2v) is 9.26. The summed E-state index contributed by atoms with van der Waals surface area (Å²) in [7, 11) is 0. The number of carbonyl (C=O) groups is 2. The van der Waals surface area contributed by atoms with Crippen LogP contribution in [0.3, 0.4) is 0 Å². The molecule has 1 unspecified atom stereocenters. The van der Waals surface area contributed by atoms with Gasteiger partial charge in [-0.1, -0.05) is 0 Å². The Morgan fingerprint density at radius 2 is 1.92 bits per heavy atom. The first kappa shape index (κ1) is 26.0. The topological polar surface area (TPSA) is 156 Å². The molecule has 3 aromatic heterocycles. The summed E-state index contributed by atoms with van der Waals surface area (Å²) in [6, 6.07) is 6.86. The standard InChI is InChI=1S/C25H20F4N6O4/c1-23(22(30)37)10-39-19-15(23)7-17(35-18(19)12-2-4-14(26)5-3-12)24(38,25(27,28)29)9-32-21(36)13-6-16-20(31-8-13)34-11-33-16/h2-8,11,38H,9-10H2,1H3,(H2,30,37)(H,32,36)(H,31,33,34)/t23-,24?/m0/s1. The minimum Gasteiger partial charge on any atom is -0.489 e. The Balaban J connectivity index is 1.59. The lowest BCUT2D eigenvalue weighted by atomic mass is 9.81. The van der Waals surface area contributed by atoms with Crippen LogP contribution in [0.4, 0.5) is 17.6 Å². The fraction of sp³-hybridized carbons (Fsp3) is 0.240. The second kappa shape index (κ2) is 9.01. The number of rotatable bonds is 6. The Kier molecular flexibility index (Phi) is 6.01. The van der Waals surface area contributed by atoms with E-state index >= 15 is 0 Å². The maximum absolute atomic E-state index is 14.5. The summed E-state index contributed by atoms with van der Waals surface area (Å²) < 4.78 is 62.6. The molecule has 0 saturated heterocycles. The summed E-state index contributed by atoms with van der Waals surface area (Å²) in [5.41, 5.74) is -0.103. The number of nitrogens with one attached hydrogen (secondary N) is 2. The molecular weight excluding hydrogens is 524 g/mol. The molecule has 0 aliphatic carbocycles. The number of amides is 2. The minimum absolute atomic E-state index is 0.0291. The number of hydrogen-bond acceptors (Lipinski definition) is 7. The number of aliphatic hydroxyl groups is 1. The number of alkyl halides is 3. The summed E-state index contributed by atoms with van der Waals surface area (Å²) in [6.45, 7) is -0.246. The Hall–Kier alpha value is -4.59. The van der Waals surface area contributed by atoms with Gasteiger partial charge in [-0.05, 0) is 43.3 Å². The highest BCUT2D eigenvalue weighted by atomic mass is 19.4. The largest absolute Gasteiger partial charge is 0.489 e. The van der Waals surface area contributed by atoms with E-state index in [1.165, 1.54) is 31.5 Å². The Morgan fingerprint density at radius 3 is 2.59 bits per heavy atom. The van der Waals surface area contributed by atoms with Gasteiger partial charge in [-0.3, -0.25) is 9.59 Å². The molecule has 0 spiro atoms. The van der Waals surface area contributed by atoms with E-state index in [1.807, 2.05) is 0 Å². The van der Waals surface area contributed by atoms with Crippen molar-refractivity contribution in [3.63, 3.8) is 0 Å². The van der Waals surface area contributed by atoms with Crippen LogP contribution in [-0.4, -0.2) is 56.2 Å². The van der Waals surface area contributed by atoms with E-state index in [0.29, 0.717) is 11.2 Å². The van der Waals surface area contributed by atoms with Crippen molar-refractivity contribution < 1.29 is 37.0 Å². The van der Waals surface area contributed by atoms with Crippen LogP contribution < -0.4 is 15.8 Å². The van der Waals surface area contributed by atoms with Gasteiger partial charge < -0.3 is 25.9 Å². The molecule has 10 nitrogen and oxygen atoms in total. The molecular formula is C25H20F4N6O4. The molecule has 1 aliphatic heterocycles. The van der Waals surface area contributed by atoms with Gasteiger partial charge >= 0.3 is 6.18 Å². The molecule has 39 heavy (non-hydrogen) atoms. The molecule has 5 rings (SSSR count). The number of imidazole rings is 1. The number of nitrogens with zero attached hydrogens (tertiary/aromatic N) is 3. The van der Waals surface area contributed by atoms with Crippen molar-refractivity contribution in [1.29, 1.82) is 0 Å². The molecule has 4 aromatic rings. The molecule has 0 radical (unpaired) electrons. The van der Waals surface area contributed by atoms with Crippen LogP contribution in [0.15, 0.2) is 48.9 Å². The van der Waals surface area contributed by atoms with Gasteiger partial charge in [-0.25, -0.2) is 19.3 Å². The van der Waals surface area contributed by atoms with Crippen LogP contribution in [0.2, 0.25) is 0 Å². The highest BCUT2D eigenvalue weighted by Gasteiger charge is 2.57. The number of primary amides is 1. The van der Waals surface area contributed by atoms with Crippen molar-refractivity contribution in [2.24, 2.45) is 5.73 Å². The van der Waals surface area contributed by atoms with Crippen molar-refractivity contribution in [3.8, 4) is 17.0 Å². The Morgan fingerprint density at radius 1 is 1.21 bits per heavy atom. The van der Waals surface area contributed by atoms with Gasteiger partial charge in [-0.2, -0.15) is 13.2 Å². The average molecular weight is 544 g/mol. The fourth-order valence-electron chi connectivity index (χ4n) is 4.20. The van der Waals surface area contributed by atoms with Gasteiger partial charge in [0.1, 0.15) is 34.8 Å². The number of nitrogens with two attached hydrogens (primary N) is 1. The van der Waals surface area contributed by atoms with Crippen LogP contribution in [0.5, 0.6) is 5.75 Å². The third kappa shape index (κ3) is 4.31. The highest BCUT2D eigenvalue weighted by molar-refractivity contribution is 5.96. The smallest absolute Gasteiger partial charge is 0.424 e. The number of H-pyrrole nitrogens is 1. The van der Waals surface area contributed by atoms with Crippen molar-refractivity contribution in [2.75, 3.05) is 13.2 Å². The van der Waals surface area contributed by atoms with E-state index in [2.05, 4.69) is 25.3 Å². The van der Waals surface area contributed by atoms with Crippen LogP contribution in [0.1, 0.15) is 28.5 Å². The minimum atomic E-state index is -5.34. The molecule has 0 fully saturated rings. The number of halogens is 4. The quantitative estimate of drug-likeness (QED) is 0.272. The first-order valence-electron chi connectivity index (χ1n) is 11.4. The molecule has 0 saturated carbocycles. The van der Waals surface area contributed by atoms with Gasteiger partial charge in [0.05, 0.1) is 24.1 Å². The predicted octanol–water partition coefficient (Wildman–Crippen LogP) is 2.47. The molecule has 1 aliphatic rings. The van der Waals surface area contributed by atoms with Gasteiger partial charge in [0.15, 0.2) is 5.65 Å². The average Bonchev–Trinajstić information content (AvgIpc) is 3.51. The fourth-order valence-corrected chi connectivity index (χ4v) is 4.20. The normalized spacial score (nSPS) is 18.3. The number of hydrogen-bond donors (Lipinski definition) is 4. The van der Waals surface area contributed by atoms with Crippen molar-refractivity contribution in [2.45, 2.75) is 24.1 Å². The third-order valence-electron chi connectivity index (χ3n) is 6.67. The van der Waals surface area contributed by atoms with Crippen molar-refractivity contribution >= 4 is 23.0 Å². The zero-order valence-electron chi connectivity index (χ0n) is 20.1. The Bertz CT molecular complexity index is 1610. The number of aromatic amines is 1. The molecule has 2 amide bonds. The van der Waals surface area contributed by atoms with Crippen molar-refractivity contribution in [3.05, 3.63) is 71.6 Å². The van der Waals surface area contributed by atoms with E-state index in [-0.39, 0.29) is 34.7 Å². The zero-order chi connectivity index (χ0) is 28.2. The summed E-state index contributed by atoms with van der Waals surface area (Å²) in [5.74, 6) is -2.47. The highest BCUT2D eigenvalue weighted by Crippen LogP contribution is 2.47. The summed E-state index contributed by atoms with van der Waals surface area (Å²) in [4.78, 5) is 39.7. The zero-order valence-corrected chi connectivity index (χ0v) is 20.1. The number of fused-ring (bicyclic) bond motifs is 2. The van der Waals surface area contributed by atoms with E-state index in [1.54, 1.807) is 0 Å². The number of pyridine rings is 2. The molecule has 0 bridgehead atoms. The summed E-state index contributed by atoms with van der Waals surface area (Å²) in [6.07, 6.45) is -2.86. The first-order valence-corrected chi connectivity index (χ1v) is 11.4. The van der Waals surface area contributed by atoms with Gasteiger partial charge in [-0.15, -0.1) is 0 Å². The summed E-state index contributed by atoms with van der Waals surface area (Å²) >= 11 is 0. The van der Waals surface area contributed by atoms with Gasteiger partial charge in [0.2, 0.25) is 11.5 Å². The molecule has 202 valence electrons. The lowest BCUT2D eigenvalue weighted by molar-refractivity contribution is -0.265. The summed E-state index contributed by atoms with van der Waals surface area (Å²) in [5, 5.41) is 13.1. The first-order chi connectivity index (χ1) is 18.3. The van der Waals surface area contributed by atoms with Crippen LogP contribution in [0.25, 0.3) is 22.4 Å². The van der Waals surface area contributed by atoms with E-state index < -0.39 is 47.1 Å². The lowest BCUT2D eigenvalue weighted by Gasteiger charge is -2.31. The van der Waals surface area contributed by atoms with E-state index in [9.17, 15) is 32.3 Å². The number of carbonyl (C=O) groups excluding carboxylic acids is 2. The van der Waals surface area contributed by atoms with Gasteiger partial charge in [0.25, 0.3) is 5.91 Å². The van der Waals surface area contributed by atoms with E-state index in [0.717, 1.165) is 24.4 Å². The molecule has 4 heterocycles. The Labute approximate surface area is 217 Å². The third-order valence-corrected chi connectivity index (χ3v) is 6.67. The SMILES string of the molecule is C[C@]1(C(N)=O)COc2c1cc(C(O)(CNC(=O)c1cnc3[nH]cnc3c1)C(F)(F)F)nc2-c1ccc(F)cc1. The van der Waals surface area contributed by atoms with Gasteiger partial charge in [0, 0.05) is 17.3 Å². The molecule has 1 aromatic carbocycles. The number of benzene rings is 1. The number of ether oxygens (including phenoxy) is 1. The van der Waals surface area contributed by atoms with Crippen LogP contribution in [0, 0.1) is 5.82 Å². The molecule has 5 N–H and O–H groups in total. The lowest BCUT2D eigenvalue weighted by Crippen LogP contribution is -2.51.